The van der Waals surface area contributed by atoms with Gasteiger partial charge in [0.25, 0.3) is 11.8 Å². The van der Waals surface area contributed by atoms with Crippen LogP contribution in [-0.4, -0.2) is 53.7 Å². The molecule has 3 amide bonds. The van der Waals surface area contributed by atoms with E-state index < -0.39 is 0 Å². The Labute approximate surface area is 169 Å². The molecule has 1 unspecified atom stereocenters. The minimum atomic E-state index is -0.311. The number of nitrogens with one attached hydrogen (secondary N) is 1. The highest BCUT2D eigenvalue weighted by molar-refractivity contribution is 6.04. The molecule has 1 aromatic heterocycles. The molecule has 2 aliphatic rings. The van der Waals surface area contributed by atoms with Crippen LogP contribution in [0, 0.1) is 5.92 Å². The Bertz CT molecular complexity index is 887. The number of likely N-dealkylation sites (tertiary alicyclic amines) is 2. The van der Waals surface area contributed by atoms with Crippen LogP contribution < -0.4 is 5.32 Å². The van der Waals surface area contributed by atoms with Crippen LogP contribution in [0.1, 0.15) is 46.4 Å². The zero-order chi connectivity index (χ0) is 20.2. The second-order valence-corrected chi connectivity index (χ2v) is 7.64. The number of hydrogen-bond acceptors (Lipinski definition) is 4. The maximum atomic E-state index is 12.9. The normalized spacial score (nSPS) is 19.2. The molecule has 1 atom stereocenters. The lowest BCUT2D eigenvalue weighted by molar-refractivity contribution is -0.121. The van der Waals surface area contributed by atoms with Gasteiger partial charge in [-0.1, -0.05) is 12.1 Å². The fourth-order valence-electron chi connectivity index (χ4n) is 4.05. The van der Waals surface area contributed by atoms with Gasteiger partial charge >= 0.3 is 0 Å². The predicted molar refractivity (Wildman–Crippen MR) is 108 cm³/mol. The topological polar surface area (TPSA) is 82.9 Å². The van der Waals surface area contributed by atoms with Crippen molar-refractivity contribution in [2.75, 3.05) is 31.5 Å². The van der Waals surface area contributed by atoms with E-state index in [9.17, 15) is 14.4 Å². The quantitative estimate of drug-likeness (QED) is 0.863. The van der Waals surface area contributed by atoms with E-state index in [1.807, 2.05) is 17.0 Å². The van der Waals surface area contributed by atoms with Crippen LogP contribution in [0.5, 0.6) is 0 Å². The molecule has 1 N–H and O–H groups in total. The minimum absolute atomic E-state index is 0.0428. The molecule has 0 bridgehead atoms. The lowest BCUT2D eigenvalue weighted by Crippen LogP contribution is -2.43. The van der Waals surface area contributed by atoms with Gasteiger partial charge in [0.05, 0.1) is 29.0 Å². The Morgan fingerprint density at radius 3 is 2.45 bits per heavy atom. The van der Waals surface area contributed by atoms with E-state index in [0.717, 1.165) is 32.4 Å². The van der Waals surface area contributed by atoms with Crippen LogP contribution in [0.25, 0.3) is 0 Å². The summed E-state index contributed by atoms with van der Waals surface area (Å²) in [6.45, 7) is 2.50. The molecule has 2 fully saturated rings. The summed E-state index contributed by atoms with van der Waals surface area (Å²) < 4.78 is 4.99. The summed E-state index contributed by atoms with van der Waals surface area (Å²) in [6.07, 6.45) is 6.40. The van der Waals surface area contributed by atoms with Crippen molar-refractivity contribution in [1.82, 2.24) is 9.80 Å². The van der Waals surface area contributed by atoms with E-state index >= 15 is 0 Å². The second-order valence-electron chi connectivity index (χ2n) is 7.64. The van der Waals surface area contributed by atoms with Crippen LogP contribution >= 0.6 is 0 Å². The lowest BCUT2D eigenvalue weighted by Gasteiger charge is -2.32. The molecule has 4 rings (SSSR count). The summed E-state index contributed by atoms with van der Waals surface area (Å²) in [7, 11) is 0. The standard InChI is InChI=1S/C22H25N3O4/c26-20(16-6-5-12-25(14-16)21(27)17-9-13-29-15-17)23-19-8-2-1-7-18(19)22(28)24-10-3-4-11-24/h1-2,7-9,13,15-16H,3-6,10-12,14H2,(H,23,26). The summed E-state index contributed by atoms with van der Waals surface area (Å²) in [4.78, 5) is 41.8. The van der Waals surface area contributed by atoms with Gasteiger partial charge < -0.3 is 19.5 Å². The van der Waals surface area contributed by atoms with Gasteiger partial charge in [0, 0.05) is 26.2 Å². The number of benzene rings is 1. The Kier molecular flexibility index (Phi) is 5.64. The van der Waals surface area contributed by atoms with E-state index in [2.05, 4.69) is 5.32 Å². The third-order valence-electron chi connectivity index (χ3n) is 5.66. The van der Waals surface area contributed by atoms with Crippen molar-refractivity contribution in [3.05, 3.63) is 54.0 Å². The van der Waals surface area contributed by atoms with E-state index in [4.69, 9.17) is 4.42 Å². The second kappa shape index (κ2) is 8.51. The van der Waals surface area contributed by atoms with E-state index in [1.54, 1.807) is 23.1 Å². The van der Waals surface area contributed by atoms with Crippen molar-refractivity contribution in [2.24, 2.45) is 5.92 Å². The molecule has 2 saturated heterocycles. The summed E-state index contributed by atoms with van der Waals surface area (Å²) in [6, 6.07) is 8.77. The van der Waals surface area contributed by atoms with E-state index in [1.165, 1.54) is 12.5 Å². The average molecular weight is 395 g/mol. The van der Waals surface area contributed by atoms with Crippen molar-refractivity contribution in [1.29, 1.82) is 0 Å². The van der Waals surface area contributed by atoms with Crippen LogP contribution in [-0.2, 0) is 4.79 Å². The molecule has 0 radical (unpaired) electrons. The highest BCUT2D eigenvalue weighted by atomic mass is 16.3. The number of para-hydroxylation sites is 1. The third-order valence-corrected chi connectivity index (χ3v) is 5.66. The summed E-state index contributed by atoms with van der Waals surface area (Å²) in [5, 5.41) is 2.94. The summed E-state index contributed by atoms with van der Waals surface area (Å²) >= 11 is 0. The Balaban J connectivity index is 1.44. The van der Waals surface area contributed by atoms with Gasteiger partial charge in [0.15, 0.2) is 0 Å². The number of piperidine rings is 1. The minimum Gasteiger partial charge on any atom is -0.472 e. The van der Waals surface area contributed by atoms with Gasteiger partial charge in [0.2, 0.25) is 5.91 Å². The van der Waals surface area contributed by atoms with Crippen molar-refractivity contribution in [2.45, 2.75) is 25.7 Å². The number of carbonyl (C=O) groups excluding carboxylic acids is 3. The Hall–Kier alpha value is -3.09. The zero-order valence-corrected chi connectivity index (χ0v) is 16.3. The van der Waals surface area contributed by atoms with Gasteiger partial charge in [-0.2, -0.15) is 0 Å². The molecule has 0 aliphatic carbocycles. The molecule has 2 aromatic rings. The SMILES string of the molecule is O=C(Nc1ccccc1C(=O)N1CCCC1)C1CCCN(C(=O)c2ccoc2)C1. The Morgan fingerprint density at radius 1 is 0.931 bits per heavy atom. The molecule has 7 nitrogen and oxygen atoms in total. The maximum absolute atomic E-state index is 12.9. The molecule has 7 heteroatoms. The molecular weight excluding hydrogens is 370 g/mol. The van der Waals surface area contributed by atoms with E-state index in [0.29, 0.717) is 36.3 Å². The molecule has 0 saturated carbocycles. The third kappa shape index (κ3) is 4.18. The van der Waals surface area contributed by atoms with Crippen LogP contribution in [0.2, 0.25) is 0 Å². The monoisotopic (exact) mass is 395 g/mol. The van der Waals surface area contributed by atoms with Crippen LogP contribution in [0.3, 0.4) is 0 Å². The number of furan rings is 1. The zero-order valence-electron chi connectivity index (χ0n) is 16.3. The smallest absolute Gasteiger partial charge is 0.257 e. The number of rotatable bonds is 4. The molecule has 29 heavy (non-hydrogen) atoms. The van der Waals surface area contributed by atoms with Gasteiger partial charge in [-0.15, -0.1) is 0 Å². The molecule has 0 spiro atoms. The summed E-state index contributed by atoms with van der Waals surface area (Å²) in [5.41, 5.74) is 1.55. The van der Waals surface area contributed by atoms with Gasteiger partial charge in [0.1, 0.15) is 6.26 Å². The largest absolute Gasteiger partial charge is 0.472 e. The number of carbonyl (C=O) groups is 3. The molecule has 3 heterocycles. The fourth-order valence-corrected chi connectivity index (χ4v) is 4.05. The van der Waals surface area contributed by atoms with Crippen molar-refractivity contribution >= 4 is 23.4 Å². The first-order chi connectivity index (χ1) is 14.1. The van der Waals surface area contributed by atoms with E-state index in [-0.39, 0.29) is 23.6 Å². The Morgan fingerprint density at radius 2 is 1.69 bits per heavy atom. The fraction of sp³-hybridized carbons (Fsp3) is 0.409. The maximum Gasteiger partial charge on any atom is 0.257 e. The number of hydrogen-bond donors (Lipinski definition) is 1. The highest BCUT2D eigenvalue weighted by Crippen LogP contribution is 2.24. The molecule has 1 aromatic carbocycles. The lowest BCUT2D eigenvalue weighted by atomic mass is 9.96. The number of nitrogens with zero attached hydrogens (tertiary/aromatic N) is 2. The van der Waals surface area contributed by atoms with Crippen molar-refractivity contribution in [3.63, 3.8) is 0 Å². The first kappa shape index (κ1) is 19.2. The highest BCUT2D eigenvalue weighted by Gasteiger charge is 2.30. The van der Waals surface area contributed by atoms with Gasteiger partial charge in [-0.05, 0) is 43.9 Å². The molecule has 2 aliphatic heterocycles. The van der Waals surface area contributed by atoms with Gasteiger partial charge in [-0.25, -0.2) is 0 Å². The molecule has 152 valence electrons. The first-order valence-corrected chi connectivity index (χ1v) is 10.1. The van der Waals surface area contributed by atoms with Gasteiger partial charge in [-0.3, -0.25) is 14.4 Å². The first-order valence-electron chi connectivity index (χ1n) is 10.1. The summed E-state index contributed by atoms with van der Waals surface area (Å²) in [5.74, 6) is -0.634. The molecular formula is C22H25N3O4. The number of anilines is 1. The van der Waals surface area contributed by atoms with Crippen molar-refractivity contribution in [3.8, 4) is 0 Å². The number of amides is 3. The predicted octanol–water partition coefficient (Wildman–Crippen LogP) is 3.01. The van der Waals surface area contributed by atoms with Crippen LogP contribution in [0.4, 0.5) is 5.69 Å². The van der Waals surface area contributed by atoms with Crippen molar-refractivity contribution < 1.29 is 18.8 Å². The van der Waals surface area contributed by atoms with Crippen LogP contribution in [0.15, 0.2) is 47.3 Å². The average Bonchev–Trinajstić information content (AvgIpc) is 3.47.